The number of amides is 1. The first-order valence-electron chi connectivity index (χ1n) is 6.50. The topological polar surface area (TPSA) is 115 Å². The highest BCUT2D eigenvalue weighted by Crippen LogP contribution is 2.10. The summed E-state index contributed by atoms with van der Waals surface area (Å²) in [6.45, 7) is 1.60. The van der Waals surface area contributed by atoms with Crippen molar-refractivity contribution in [1.82, 2.24) is 10.1 Å². The van der Waals surface area contributed by atoms with Crippen LogP contribution in [0.2, 0.25) is 0 Å². The van der Waals surface area contributed by atoms with Crippen molar-refractivity contribution in [1.29, 1.82) is 0 Å². The van der Waals surface area contributed by atoms with Crippen LogP contribution in [-0.4, -0.2) is 33.7 Å². The molecule has 116 valence electrons. The van der Waals surface area contributed by atoms with Crippen molar-refractivity contribution >= 4 is 17.6 Å². The number of anilines is 1. The number of benzene rings is 1. The summed E-state index contributed by atoms with van der Waals surface area (Å²) in [6.07, 6.45) is -0.0546. The number of nitrogens with one attached hydrogen (secondary N) is 1. The fourth-order valence-electron chi connectivity index (χ4n) is 1.71. The fraction of sp³-hybridized carbons (Fsp3) is 0.286. The van der Waals surface area contributed by atoms with E-state index >= 15 is 0 Å². The Kier molecular flexibility index (Phi) is 5.21. The molecule has 8 nitrogen and oxygen atoms in total. The highest BCUT2D eigenvalue weighted by atomic mass is 16.5. The number of hydrogen-bond acceptors (Lipinski definition) is 6. The van der Waals surface area contributed by atoms with Gasteiger partial charge in [0.15, 0.2) is 5.82 Å². The molecule has 22 heavy (non-hydrogen) atoms. The second kappa shape index (κ2) is 7.32. The van der Waals surface area contributed by atoms with Gasteiger partial charge in [-0.05, 0) is 24.6 Å². The summed E-state index contributed by atoms with van der Waals surface area (Å²) in [5.74, 6) is -0.420. The molecule has 0 aliphatic rings. The molecule has 0 saturated carbocycles. The van der Waals surface area contributed by atoms with Crippen LogP contribution in [0, 0.1) is 6.92 Å². The molecule has 0 bridgehead atoms. The van der Waals surface area contributed by atoms with Gasteiger partial charge in [0.2, 0.25) is 5.91 Å². The highest BCUT2D eigenvalue weighted by molar-refractivity contribution is 5.91. The standard InChI is InChI=1S/C14H15N3O5/c1-9-15-13(22-17-9)8-21-7-12(18)16-11-4-2-10(3-5-11)6-14(19)20/h2-5H,6-8H2,1H3,(H,16,18)(H,19,20). The monoisotopic (exact) mass is 305 g/mol. The summed E-state index contributed by atoms with van der Waals surface area (Å²) in [4.78, 5) is 26.2. The molecule has 0 aliphatic heterocycles. The van der Waals surface area contributed by atoms with Crippen LogP contribution in [0.25, 0.3) is 0 Å². The van der Waals surface area contributed by atoms with Crippen LogP contribution in [0.15, 0.2) is 28.8 Å². The lowest BCUT2D eigenvalue weighted by Gasteiger charge is -2.06. The van der Waals surface area contributed by atoms with Gasteiger partial charge in [0.1, 0.15) is 13.2 Å². The maximum Gasteiger partial charge on any atom is 0.307 e. The lowest BCUT2D eigenvalue weighted by Crippen LogP contribution is -2.18. The maximum atomic E-state index is 11.7. The van der Waals surface area contributed by atoms with Gasteiger partial charge in [0, 0.05) is 5.69 Å². The number of ether oxygens (including phenoxy) is 1. The first-order chi connectivity index (χ1) is 10.5. The minimum Gasteiger partial charge on any atom is -0.481 e. The number of nitrogens with zero attached hydrogens (tertiary/aromatic N) is 2. The third-order valence-electron chi connectivity index (χ3n) is 2.62. The van der Waals surface area contributed by atoms with Crippen molar-refractivity contribution in [3.8, 4) is 0 Å². The molecule has 0 aliphatic carbocycles. The summed E-state index contributed by atoms with van der Waals surface area (Å²) in [6, 6.07) is 6.56. The van der Waals surface area contributed by atoms with Gasteiger partial charge in [-0.15, -0.1) is 0 Å². The Morgan fingerprint density at radius 1 is 1.32 bits per heavy atom. The minimum atomic E-state index is -0.901. The number of carboxylic acids is 1. The van der Waals surface area contributed by atoms with Crippen LogP contribution >= 0.6 is 0 Å². The first-order valence-corrected chi connectivity index (χ1v) is 6.50. The van der Waals surface area contributed by atoms with E-state index < -0.39 is 5.97 Å². The molecule has 0 radical (unpaired) electrons. The zero-order valence-electron chi connectivity index (χ0n) is 11.9. The molecule has 1 amide bonds. The second-order valence-electron chi connectivity index (χ2n) is 4.54. The molecular formula is C14H15N3O5. The van der Waals surface area contributed by atoms with Crippen LogP contribution in [0.1, 0.15) is 17.3 Å². The van der Waals surface area contributed by atoms with Crippen LogP contribution in [0.4, 0.5) is 5.69 Å². The van der Waals surface area contributed by atoms with Gasteiger partial charge in [-0.1, -0.05) is 17.3 Å². The van der Waals surface area contributed by atoms with Crippen molar-refractivity contribution in [2.45, 2.75) is 20.0 Å². The Labute approximate surface area is 126 Å². The number of aromatic nitrogens is 2. The van der Waals surface area contributed by atoms with Crippen LogP contribution < -0.4 is 5.32 Å². The van der Waals surface area contributed by atoms with E-state index in [1.54, 1.807) is 31.2 Å². The summed E-state index contributed by atoms with van der Waals surface area (Å²) >= 11 is 0. The molecule has 1 aromatic carbocycles. The highest BCUT2D eigenvalue weighted by Gasteiger charge is 2.07. The summed E-state index contributed by atoms with van der Waals surface area (Å²) < 4.78 is 10.0. The van der Waals surface area contributed by atoms with Crippen molar-refractivity contribution in [3.63, 3.8) is 0 Å². The number of carboxylic acid groups (broad SMARTS) is 1. The Balaban J connectivity index is 1.75. The minimum absolute atomic E-state index is 0.0546. The molecule has 2 aromatic rings. The Morgan fingerprint density at radius 3 is 2.64 bits per heavy atom. The molecule has 0 unspecified atom stereocenters. The predicted molar refractivity (Wildman–Crippen MR) is 75.1 cm³/mol. The van der Waals surface area contributed by atoms with Crippen molar-refractivity contribution < 1.29 is 24.0 Å². The molecular weight excluding hydrogens is 290 g/mol. The van der Waals surface area contributed by atoms with Crippen LogP contribution in [0.3, 0.4) is 0 Å². The fourth-order valence-corrected chi connectivity index (χ4v) is 1.71. The van der Waals surface area contributed by atoms with E-state index in [1.165, 1.54) is 0 Å². The molecule has 0 spiro atoms. The van der Waals surface area contributed by atoms with Crippen LogP contribution in [0.5, 0.6) is 0 Å². The zero-order chi connectivity index (χ0) is 15.9. The number of carbonyl (C=O) groups is 2. The normalized spacial score (nSPS) is 10.4. The molecule has 0 fully saturated rings. The Bertz CT molecular complexity index is 651. The van der Waals surface area contributed by atoms with E-state index in [0.29, 0.717) is 23.0 Å². The van der Waals surface area contributed by atoms with Gasteiger partial charge in [-0.25, -0.2) is 0 Å². The van der Waals surface area contributed by atoms with Gasteiger partial charge < -0.3 is 19.7 Å². The average Bonchev–Trinajstić information content (AvgIpc) is 2.86. The second-order valence-corrected chi connectivity index (χ2v) is 4.54. The largest absolute Gasteiger partial charge is 0.481 e. The Hall–Kier alpha value is -2.74. The quantitative estimate of drug-likeness (QED) is 0.788. The van der Waals surface area contributed by atoms with Crippen molar-refractivity contribution in [2.24, 2.45) is 0 Å². The molecule has 1 heterocycles. The van der Waals surface area contributed by atoms with Gasteiger partial charge in [0.25, 0.3) is 5.89 Å². The van der Waals surface area contributed by atoms with Gasteiger partial charge in [0.05, 0.1) is 6.42 Å². The zero-order valence-corrected chi connectivity index (χ0v) is 11.9. The van der Waals surface area contributed by atoms with E-state index in [-0.39, 0.29) is 25.5 Å². The molecule has 8 heteroatoms. The molecule has 0 saturated heterocycles. The average molecular weight is 305 g/mol. The van der Waals surface area contributed by atoms with E-state index in [9.17, 15) is 9.59 Å². The molecule has 1 aromatic heterocycles. The van der Waals surface area contributed by atoms with E-state index in [2.05, 4.69) is 15.5 Å². The van der Waals surface area contributed by atoms with Gasteiger partial charge >= 0.3 is 5.97 Å². The number of aliphatic carboxylic acids is 1. The van der Waals surface area contributed by atoms with Gasteiger partial charge in [-0.3, -0.25) is 9.59 Å². The van der Waals surface area contributed by atoms with Gasteiger partial charge in [-0.2, -0.15) is 4.98 Å². The predicted octanol–water partition coefficient (Wildman–Crippen LogP) is 1.16. The lowest BCUT2D eigenvalue weighted by molar-refractivity contribution is -0.136. The lowest BCUT2D eigenvalue weighted by atomic mass is 10.1. The number of rotatable bonds is 7. The van der Waals surface area contributed by atoms with Crippen molar-refractivity contribution in [2.75, 3.05) is 11.9 Å². The van der Waals surface area contributed by atoms with Crippen LogP contribution in [-0.2, 0) is 27.4 Å². The number of aryl methyl sites for hydroxylation is 1. The smallest absolute Gasteiger partial charge is 0.307 e. The molecule has 2 rings (SSSR count). The van der Waals surface area contributed by atoms with Crippen molar-refractivity contribution in [3.05, 3.63) is 41.5 Å². The third-order valence-corrected chi connectivity index (χ3v) is 2.62. The maximum absolute atomic E-state index is 11.7. The summed E-state index contributed by atoms with van der Waals surface area (Å²) in [7, 11) is 0. The van der Waals surface area contributed by atoms with E-state index in [1.807, 2.05) is 0 Å². The number of hydrogen-bond donors (Lipinski definition) is 2. The molecule has 2 N–H and O–H groups in total. The van der Waals surface area contributed by atoms with E-state index in [4.69, 9.17) is 14.4 Å². The summed E-state index contributed by atoms with van der Waals surface area (Å²) in [5, 5.41) is 14.9. The summed E-state index contributed by atoms with van der Waals surface area (Å²) in [5.41, 5.74) is 1.23. The first kappa shape index (κ1) is 15.6. The third kappa shape index (κ3) is 4.98. The Morgan fingerprint density at radius 2 is 2.05 bits per heavy atom. The SMILES string of the molecule is Cc1noc(COCC(=O)Nc2ccc(CC(=O)O)cc2)n1. The number of carbonyl (C=O) groups excluding carboxylic acids is 1. The van der Waals surface area contributed by atoms with E-state index in [0.717, 1.165) is 0 Å². The molecule has 0 atom stereocenters.